The molecule has 0 saturated carbocycles. The number of halogens is 1. The first-order valence-electron chi connectivity index (χ1n) is 6.98. The summed E-state index contributed by atoms with van der Waals surface area (Å²) in [6.45, 7) is 3.99. The molecule has 0 radical (unpaired) electrons. The second kappa shape index (κ2) is 4.64. The van der Waals surface area contributed by atoms with Crippen molar-refractivity contribution in [1.29, 1.82) is 0 Å². The largest absolute Gasteiger partial charge is 0.326 e. The molecule has 3 aromatic rings. The lowest BCUT2D eigenvalue weighted by molar-refractivity contribution is -0.115. The SMILES string of the molecule is Cc1nc2nc(-c3ccc4c(c3)CC(=O)N4)cn2c(C)c1Br. The number of amides is 1. The molecule has 0 saturated heterocycles. The molecule has 22 heavy (non-hydrogen) atoms. The minimum Gasteiger partial charge on any atom is -0.326 e. The maximum absolute atomic E-state index is 11.5. The zero-order valence-corrected chi connectivity index (χ0v) is 13.7. The van der Waals surface area contributed by atoms with Gasteiger partial charge in [0, 0.05) is 23.1 Å². The number of fused-ring (bicyclic) bond motifs is 2. The number of aryl methyl sites for hydroxylation is 2. The van der Waals surface area contributed by atoms with Crippen LogP contribution < -0.4 is 5.32 Å². The molecule has 0 unspecified atom stereocenters. The van der Waals surface area contributed by atoms with Crippen LogP contribution in [-0.4, -0.2) is 20.3 Å². The van der Waals surface area contributed by atoms with Gasteiger partial charge in [0.1, 0.15) is 0 Å². The Hall–Kier alpha value is -2.21. The fraction of sp³-hybridized carbons (Fsp3) is 0.188. The minimum absolute atomic E-state index is 0.0409. The maximum Gasteiger partial charge on any atom is 0.234 e. The summed E-state index contributed by atoms with van der Waals surface area (Å²) < 4.78 is 2.97. The van der Waals surface area contributed by atoms with Gasteiger partial charge in [0.05, 0.1) is 22.3 Å². The van der Waals surface area contributed by atoms with Gasteiger partial charge in [-0.05, 0) is 47.5 Å². The maximum atomic E-state index is 11.5. The van der Waals surface area contributed by atoms with Crippen LogP contribution in [0.25, 0.3) is 17.0 Å². The molecule has 1 aromatic carbocycles. The molecule has 1 aliphatic heterocycles. The summed E-state index contributed by atoms with van der Waals surface area (Å²) >= 11 is 3.56. The molecule has 1 amide bonds. The number of hydrogen-bond donors (Lipinski definition) is 1. The smallest absolute Gasteiger partial charge is 0.234 e. The lowest BCUT2D eigenvalue weighted by Gasteiger charge is -2.04. The van der Waals surface area contributed by atoms with Crippen molar-refractivity contribution >= 4 is 33.3 Å². The average Bonchev–Trinajstić information content (AvgIpc) is 3.06. The van der Waals surface area contributed by atoms with E-state index < -0.39 is 0 Å². The predicted molar refractivity (Wildman–Crippen MR) is 87.9 cm³/mol. The Labute approximate surface area is 135 Å². The lowest BCUT2D eigenvalue weighted by Crippen LogP contribution is -2.03. The molecule has 110 valence electrons. The summed E-state index contributed by atoms with van der Waals surface area (Å²) in [4.78, 5) is 20.6. The van der Waals surface area contributed by atoms with Gasteiger partial charge in [-0.15, -0.1) is 0 Å². The summed E-state index contributed by atoms with van der Waals surface area (Å²) in [5.41, 5.74) is 5.75. The number of nitrogens with zero attached hydrogens (tertiary/aromatic N) is 3. The van der Waals surface area contributed by atoms with Gasteiger partial charge in [-0.25, -0.2) is 9.97 Å². The standard InChI is InChI=1S/C16H13BrN4O/c1-8-15(17)9(2)21-7-13(20-16(21)18-8)10-3-4-12-11(5-10)6-14(22)19-12/h3-5,7H,6H2,1-2H3,(H,19,22). The zero-order chi connectivity index (χ0) is 15.4. The van der Waals surface area contributed by atoms with Gasteiger partial charge in [-0.2, -0.15) is 0 Å². The highest BCUT2D eigenvalue weighted by Gasteiger charge is 2.19. The number of rotatable bonds is 1. The van der Waals surface area contributed by atoms with Crippen LogP contribution in [0.3, 0.4) is 0 Å². The second-order valence-corrected chi connectivity index (χ2v) is 6.28. The molecule has 0 atom stereocenters. The van der Waals surface area contributed by atoms with Crippen LogP contribution in [-0.2, 0) is 11.2 Å². The monoisotopic (exact) mass is 356 g/mol. The van der Waals surface area contributed by atoms with Crippen LogP contribution >= 0.6 is 15.9 Å². The predicted octanol–water partition coefficient (Wildman–Crippen LogP) is 3.27. The molecule has 0 bridgehead atoms. The van der Waals surface area contributed by atoms with Crippen LogP contribution in [0, 0.1) is 13.8 Å². The Bertz CT molecular complexity index is 945. The number of nitrogens with one attached hydrogen (secondary N) is 1. The van der Waals surface area contributed by atoms with Crippen molar-refractivity contribution in [2.24, 2.45) is 0 Å². The zero-order valence-electron chi connectivity index (χ0n) is 12.1. The van der Waals surface area contributed by atoms with Crippen molar-refractivity contribution in [3.05, 3.63) is 45.8 Å². The summed E-state index contributed by atoms with van der Waals surface area (Å²) in [5, 5.41) is 2.84. The minimum atomic E-state index is 0.0409. The Kier molecular flexibility index (Phi) is 2.84. The molecule has 3 heterocycles. The third kappa shape index (κ3) is 1.94. The summed E-state index contributed by atoms with van der Waals surface area (Å²) in [6, 6.07) is 5.93. The van der Waals surface area contributed by atoms with Gasteiger partial charge in [-0.1, -0.05) is 6.07 Å². The highest BCUT2D eigenvalue weighted by atomic mass is 79.9. The van der Waals surface area contributed by atoms with E-state index in [-0.39, 0.29) is 5.91 Å². The second-order valence-electron chi connectivity index (χ2n) is 5.49. The van der Waals surface area contributed by atoms with Gasteiger partial charge in [0.2, 0.25) is 11.7 Å². The van der Waals surface area contributed by atoms with Crippen LogP contribution in [0.5, 0.6) is 0 Å². The van der Waals surface area contributed by atoms with Gasteiger partial charge < -0.3 is 5.32 Å². The van der Waals surface area contributed by atoms with E-state index in [9.17, 15) is 4.79 Å². The fourth-order valence-corrected chi connectivity index (χ4v) is 3.07. The lowest BCUT2D eigenvalue weighted by atomic mass is 10.1. The van der Waals surface area contributed by atoms with E-state index in [2.05, 4.69) is 31.2 Å². The summed E-state index contributed by atoms with van der Waals surface area (Å²) in [6.07, 6.45) is 2.41. The van der Waals surface area contributed by atoms with Crippen LogP contribution in [0.4, 0.5) is 5.69 Å². The topological polar surface area (TPSA) is 59.3 Å². The van der Waals surface area contributed by atoms with E-state index >= 15 is 0 Å². The van der Waals surface area contributed by atoms with Gasteiger partial charge >= 0.3 is 0 Å². The number of benzene rings is 1. The normalized spacial score (nSPS) is 13.5. The molecule has 0 spiro atoms. The van der Waals surface area contributed by atoms with Crippen molar-refractivity contribution in [3.8, 4) is 11.3 Å². The van der Waals surface area contributed by atoms with Crippen LogP contribution in [0.1, 0.15) is 17.0 Å². The quantitative estimate of drug-likeness (QED) is 0.727. The first-order valence-corrected chi connectivity index (χ1v) is 7.77. The summed E-state index contributed by atoms with van der Waals surface area (Å²) in [5.74, 6) is 0.724. The molecule has 2 aromatic heterocycles. The average molecular weight is 357 g/mol. The molecule has 1 N–H and O–H groups in total. The van der Waals surface area contributed by atoms with Crippen molar-refractivity contribution in [2.45, 2.75) is 20.3 Å². The number of carbonyl (C=O) groups excluding carboxylic acids is 1. The van der Waals surface area contributed by atoms with Crippen molar-refractivity contribution in [2.75, 3.05) is 5.32 Å². The number of imidazole rings is 1. The van der Waals surface area contributed by atoms with E-state index in [1.165, 1.54) is 0 Å². The van der Waals surface area contributed by atoms with E-state index in [0.717, 1.165) is 38.4 Å². The van der Waals surface area contributed by atoms with Crippen LogP contribution in [0.2, 0.25) is 0 Å². The fourth-order valence-electron chi connectivity index (χ4n) is 2.79. The molecule has 0 fully saturated rings. The number of aromatic nitrogens is 3. The van der Waals surface area contributed by atoms with Crippen molar-refractivity contribution in [1.82, 2.24) is 14.4 Å². The number of hydrogen-bond acceptors (Lipinski definition) is 3. The van der Waals surface area contributed by atoms with Crippen molar-refractivity contribution in [3.63, 3.8) is 0 Å². The van der Waals surface area contributed by atoms with Gasteiger partial charge in [-0.3, -0.25) is 9.20 Å². The Morgan fingerprint density at radius 2 is 2.09 bits per heavy atom. The molecule has 1 aliphatic rings. The molecule has 6 heteroatoms. The van der Waals surface area contributed by atoms with E-state index in [0.29, 0.717) is 12.2 Å². The third-order valence-electron chi connectivity index (χ3n) is 3.98. The third-order valence-corrected chi connectivity index (χ3v) is 5.13. The summed E-state index contributed by atoms with van der Waals surface area (Å²) in [7, 11) is 0. The Morgan fingerprint density at radius 3 is 2.91 bits per heavy atom. The first kappa shape index (κ1) is 13.5. The van der Waals surface area contributed by atoms with Crippen LogP contribution in [0.15, 0.2) is 28.9 Å². The highest BCUT2D eigenvalue weighted by molar-refractivity contribution is 9.10. The molecule has 0 aliphatic carbocycles. The molecule has 5 nitrogen and oxygen atoms in total. The van der Waals surface area contributed by atoms with Gasteiger partial charge in [0.15, 0.2) is 0 Å². The van der Waals surface area contributed by atoms with Crippen molar-refractivity contribution < 1.29 is 4.79 Å². The number of anilines is 1. The Morgan fingerprint density at radius 1 is 1.27 bits per heavy atom. The Balaban J connectivity index is 1.87. The van der Waals surface area contributed by atoms with E-state index in [4.69, 9.17) is 0 Å². The molecular weight excluding hydrogens is 344 g/mol. The van der Waals surface area contributed by atoms with E-state index in [1.54, 1.807) is 0 Å². The van der Waals surface area contributed by atoms with E-state index in [1.807, 2.05) is 42.6 Å². The highest BCUT2D eigenvalue weighted by Crippen LogP contribution is 2.29. The number of carbonyl (C=O) groups is 1. The first-order chi connectivity index (χ1) is 10.5. The molecule has 4 rings (SSSR count). The van der Waals surface area contributed by atoms with Gasteiger partial charge in [0.25, 0.3) is 0 Å². The molecular formula is C16H13BrN4O.